The molecule has 0 aromatic heterocycles. The summed E-state index contributed by atoms with van der Waals surface area (Å²) in [4.78, 5) is 24.8. The van der Waals surface area contributed by atoms with Crippen molar-refractivity contribution in [2.75, 3.05) is 27.0 Å². The summed E-state index contributed by atoms with van der Waals surface area (Å²) in [5.41, 5.74) is 5.67. The van der Waals surface area contributed by atoms with Gasteiger partial charge in [0.2, 0.25) is 5.91 Å². The number of hydrogen-bond acceptors (Lipinski definition) is 7. The van der Waals surface area contributed by atoms with Gasteiger partial charge in [-0.05, 0) is 31.7 Å². The van der Waals surface area contributed by atoms with Crippen LogP contribution in [0.5, 0.6) is 0 Å². The first-order valence-corrected chi connectivity index (χ1v) is 11.5. The number of ether oxygens (including phenoxy) is 1. The predicted octanol–water partition coefficient (Wildman–Crippen LogP) is 4.11. The van der Waals surface area contributed by atoms with E-state index in [0.717, 1.165) is 11.6 Å². The van der Waals surface area contributed by atoms with Gasteiger partial charge in [0.15, 0.2) is 0 Å². The molecule has 0 fully saturated rings. The standard InChI is InChI=1S/C20H33N3O2S.C2H6.HNO/c1-7-22-15(3)18(25-5)14(2)19(24)23-17(20(21-4)26-6)13-16-11-9-8-10-12-16;2*1-2/h8-12,14-15,17-18,22H,7,13H2,1-6H3,(H,23,24);1-2H3;1H. The Morgan fingerprint density at radius 2 is 1.77 bits per heavy atom. The third-order valence-electron chi connectivity index (χ3n) is 4.52. The molecule has 1 rings (SSSR count). The molecule has 3 N–H and O–H groups in total. The summed E-state index contributed by atoms with van der Waals surface area (Å²) in [6.07, 6.45) is 2.51. The first-order chi connectivity index (χ1) is 14.5. The van der Waals surface area contributed by atoms with Crippen molar-refractivity contribution in [3.8, 4) is 0 Å². The lowest BCUT2D eigenvalue weighted by molar-refractivity contribution is -0.129. The van der Waals surface area contributed by atoms with Crippen molar-refractivity contribution in [1.82, 2.24) is 10.6 Å². The molecule has 1 aromatic rings. The minimum Gasteiger partial charge on any atom is -0.379 e. The van der Waals surface area contributed by atoms with E-state index in [9.17, 15) is 4.79 Å². The number of carbonyl (C=O) groups excluding carboxylic acids is 1. The van der Waals surface area contributed by atoms with E-state index in [1.54, 1.807) is 25.9 Å². The number of hydrogen-bond donors (Lipinski definition) is 3. The van der Waals surface area contributed by atoms with Gasteiger partial charge in [-0.15, -0.1) is 11.8 Å². The lowest BCUT2D eigenvalue weighted by atomic mass is 9.96. The fourth-order valence-corrected chi connectivity index (χ4v) is 3.78. The molecular weight excluding hydrogens is 400 g/mol. The molecule has 0 aliphatic rings. The highest BCUT2D eigenvalue weighted by Crippen LogP contribution is 2.15. The van der Waals surface area contributed by atoms with Gasteiger partial charge in [-0.2, -0.15) is 4.91 Å². The first kappa shape index (κ1) is 30.4. The summed E-state index contributed by atoms with van der Waals surface area (Å²) >= 11 is 1.57. The van der Waals surface area contributed by atoms with E-state index >= 15 is 0 Å². The number of nitrogens with one attached hydrogen (secondary N) is 3. The van der Waals surface area contributed by atoms with Crippen LogP contribution in [0, 0.1) is 16.4 Å². The molecule has 0 aliphatic carbocycles. The van der Waals surface area contributed by atoms with E-state index in [1.165, 1.54) is 5.56 Å². The number of aliphatic imine (C=N–C) groups is 1. The topological polar surface area (TPSA) is 104 Å². The van der Waals surface area contributed by atoms with Crippen LogP contribution < -0.4 is 10.6 Å². The van der Waals surface area contributed by atoms with E-state index in [4.69, 9.17) is 9.64 Å². The highest BCUT2D eigenvalue weighted by molar-refractivity contribution is 8.13. The number of amides is 1. The van der Waals surface area contributed by atoms with Gasteiger partial charge in [0.25, 0.3) is 0 Å². The van der Waals surface area contributed by atoms with Crippen molar-refractivity contribution in [2.45, 2.75) is 59.2 Å². The number of nitrogens with zero attached hydrogens (tertiary/aromatic N) is 1. The van der Waals surface area contributed by atoms with E-state index in [-0.39, 0.29) is 30.0 Å². The van der Waals surface area contributed by atoms with Gasteiger partial charge >= 0.3 is 0 Å². The van der Waals surface area contributed by atoms with E-state index < -0.39 is 0 Å². The summed E-state index contributed by atoms with van der Waals surface area (Å²) in [5.74, 6) is -0.287. The van der Waals surface area contributed by atoms with Crippen molar-refractivity contribution in [3.63, 3.8) is 0 Å². The van der Waals surface area contributed by atoms with Crippen LogP contribution in [0.1, 0.15) is 40.2 Å². The van der Waals surface area contributed by atoms with Crippen LogP contribution in [-0.4, -0.2) is 56.1 Å². The third-order valence-corrected chi connectivity index (χ3v) is 5.41. The molecular formula is C22H40N4O3S. The molecule has 0 bridgehead atoms. The lowest BCUT2D eigenvalue weighted by Gasteiger charge is -2.30. The minimum atomic E-state index is -0.271. The highest BCUT2D eigenvalue weighted by Gasteiger charge is 2.30. The Bertz CT molecular complexity index is 587. The van der Waals surface area contributed by atoms with Gasteiger partial charge in [0.05, 0.1) is 23.1 Å². The fraction of sp³-hybridized carbons (Fsp3) is 0.636. The molecule has 0 aliphatic heterocycles. The Balaban J connectivity index is 0. The number of carbonyl (C=O) groups is 1. The molecule has 1 amide bonds. The van der Waals surface area contributed by atoms with E-state index in [1.807, 2.05) is 59.1 Å². The second-order valence-corrected chi connectivity index (χ2v) is 7.18. The maximum absolute atomic E-state index is 12.9. The van der Waals surface area contributed by atoms with Gasteiger partial charge in [0, 0.05) is 20.2 Å². The molecule has 4 atom stereocenters. The Morgan fingerprint density at radius 3 is 2.20 bits per heavy atom. The fourth-order valence-electron chi connectivity index (χ4n) is 3.17. The number of benzene rings is 1. The van der Waals surface area contributed by atoms with Gasteiger partial charge in [0.1, 0.15) is 0 Å². The van der Waals surface area contributed by atoms with Crippen molar-refractivity contribution < 1.29 is 9.53 Å². The molecule has 0 saturated heterocycles. The maximum atomic E-state index is 12.9. The lowest BCUT2D eigenvalue weighted by Crippen LogP contribution is -2.50. The zero-order chi connectivity index (χ0) is 23.5. The van der Waals surface area contributed by atoms with Crippen LogP contribution in [0.2, 0.25) is 0 Å². The molecule has 4 unspecified atom stereocenters. The van der Waals surface area contributed by atoms with Crippen molar-refractivity contribution in [1.29, 1.82) is 5.59 Å². The van der Waals surface area contributed by atoms with Crippen LogP contribution in [0.4, 0.5) is 0 Å². The molecule has 172 valence electrons. The molecule has 0 spiro atoms. The molecule has 8 heteroatoms. The molecule has 30 heavy (non-hydrogen) atoms. The second kappa shape index (κ2) is 19.2. The monoisotopic (exact) mass is 440 g/mol. The van der Waals surface area contributed by atoms with Crippen LogP contribution in [0.3, 0.4) is 0 Å². The summed E-state index contributed by atoms with van der Waals surface area (Å²) in [7, 11) is 3.43. The Hall–Kier alpha value is -1.77. The number of nitroso groups, excluding NO2 is 1. The minimum absolute atomic E-state index is 0.0160. The average Bonchev–Trinajstić information content (AvgIpc) is 2.78. The molecule has 0 saturated carbocycles. The predicted molar refractivity (Wildman–Crippen MR) is 129 cm³/mol. The van der Waals surface area contributed by atoms with Crippen molar-refractivity contribution >= 4 is 22.7 Å². The number of methoxy groups -OCH3 is 1. The van der Waals surface area contributed by atoms with Gasteiger partial charge < -0.3 is 15.4 Å². The maximum Gasteiger partial charge on any atom is 0.226 e. The summed E-state index contributed by atoms with van der Waals surface area (Å²) in [6.45, 7) is 10.8. The Labute approximate surface area is 186 Å². The zero-order valence-electron chi connectivity index (χ0n) is 19.7. The normalized spacial score (nSPS) is 14.7. The second-order valence-electron chi connectivity index (χ2n) is 6.35. The summed E-state index contributed by atoms with van der Waals surface area (Å²) in [5, 5.41) is 7.44. The Morgan fingerprint density at radius 1 is 1.20 bits per heavy atom. The SMILES string of the molecule is CC.CCNC(C)C(OC)C(C)C(=O)NC(Cc1ccccc1)C(=NC)SC.N=O. The molecule has 7 nitrogen and oxygen atoms in total. The Kier molecular flexibility index (Phi) is 19.5. The van der Waals surface area contributed by atoms with Crippen molar-refractivity contribution in [3.05, 3.63) is 40.8 Å². The largest absolute Gasteiger partial charge is 0.379 e. The molecule has 0 heterocycles. The van der Waals surface area contributed by atoms with Crippen LogP contribution >= 0.6 is 11.8 Å². The molecule has 1 aromatic carbocycles. The number of likely N-dealkylation sites (N-methyl/N-ethyl adjacent to an activating group) is 1. The van der Waals surface area contributed by atoms with E-state index in [2.05, 4.69) is 33.4 Å². The number of thioether (sulfide) groups is 1. The van der Waals surface area contributed by atoms with Crippen LogP contribution in [0.15, 0.2) is 35.3 Å². The first-order valence-electron chi connectivity index (χ1n) is 10.3. The quantitative estimate of drug-likeness (QED) is 0.288. The molecule has 0 radical (unpaired) electrons. The van der Waals surface area contributed by atoms with Gasteiger partial charge in [-0.1, -0.05) is 63.6 Å². The zero-order valence-corrected chi connectivity index (χ0v) is 20.5. The van der Waals surface area contributed by atoms with E-state index in [0.29, 0.717) is 6.42 Å². The van der Waals surface area contributed by atoms with Gasteiger partial charge in [-0.3, -0.25) is 9.79 Å². The summed E-state index contributed by atoms with van der Waals surface area (Å²) in [6, 6.07) is 10.1. The third kappa shape index (κ3) is 10.8. The van der Waals surface area contributed by atoms with Crippen LogP contribution in [-0.2, 0) is 16.0 Å². The highest BCUT2D eigenvalue weighted by atomic mass is 32.2. The van der Waals surface area contributed by atoms with Crippen molar-refractivity contribution in [2.24, 2.45) is 10.9 Å². The van der Waals surface area contributed by atoms with Gasteiger partial charge in [-0.25, -0.2) is 0 Å². The summed E-state index contributed by atoms with van der Waals surface area (Å²) < 4.78 is 5.60. The number of rotatable bonds is 10. The smallest absolute Gasteiger partial charge is 0.226 e. The average molecular weight is 441 g/mol. The van der Waals surface area contributed by atoms with Crippen LogP contribution in [0.25, 0.3) is 0 Å².